The summed E-state index contributed by atoms with van der Waals surface area (Å²) in [5.74, 6) is 1.07. The first kappa shape index (κ1) is 19.8. The molecule has 0 spiro atoms. The molecule has 3 rings (SSSR count). The first-order chi connectivity index (χ1) is 13.6. The highest BCUT2D eigenvalue weighted by Gasteiger charge is 2.16. The van der Waals surface area contributed by atoms with Crippen molar-refractivity contribution in [1.82, 2.24) is 10.6 Å². The largest absolute Gasteiger partial charge is 0.486 e. The summed E-state index contributed by atoms with van der Waals surface area (Å²) < 4.78 is 11.0. The molecule has 0 atom stereocenters. The standard InChI is InChI=1S/C20H22ClN3O4/c21-16-12-14(13-17-19(16)28-11-10-27-17)6-8-22-18(25)7-9-23-20(26)24-15-4-2-1-3-5-15/h1-5,12-13H,6-11H2,(H,22,25)(H2,23,24,26). The van der Waals surface area contributed by atoms with Crippen molar-refractivity contribution < 1.29 is 19.1 Å². The van der Waals surface area contributed by atoms with Crippen LogP contribution in [0.4, 0.5) is 10.5 Å². The maximum absolute atomic E-state index is 11.9. The molecule has 3 N–H and O–H groups in total. The zero-order valence-electron chi connectivity index (χ0n) is 15.3. The SMILES string of the molecule is O=C(CCNC(=O)Nc1ccccc1)NCCc1cc(Cl)c2c(c1)OCCO2. The fourth-order valence-corrected chi connectivity index (χ4v) is 3.02. The van der Waals surface area contributed by atoms with Crippen LogP contribution >= 0.6 is 11.6 Å². The summed E-state index contributed by atoms with van der Waals surface area (Å²) in [6, 6.07) is 12.5. The number of hydrogen-bond donors (Lipinski definition) is 3. The number of rotatable bonds is 7. The van der Waals surface area contributed by atoms with E-state index in [2.05, 4.69) is 16.0 Å². The number of ether oxygens (including phenoxy) is 2. The number of benzene rings is 2. The van der Waals surface area contributed by atoms with Crippen LogP contribution in [0.2, 0.25) is 5.02 Å². The van der Waals surface area contributed by atoms with E-state index in [-0.39, 0.29) is 24.9 Å². The fraction of sp³-hybridized carbons (Fsp3) is 0.300. The van der Waals surface area contributed by atoms with Gasteiger partial charge in [0.25, 0.3) is 0 Å². The normalized spacial score (nSPS) is 12.2. The molecule has 148 valence electrons. The van der Waals surface area contributed by atoms with E-state index >= 15 is 0 Å². The third kappa shape index (κ3) is 5.79. The number of hydrogen-bond acceptors (Lipinski definition) is 4. The van der Waals surface area contributed by atoms with Gasteiger partial charge < -0.3 is 25.4 Å². The van der Waals surface area contributed by atoms with Crippen molar-refractivity contribution in [2.24, 2.45) is 0 Å². The molecule has 0 aromatic heterocycles. The Morgan fingerprint density at radius 2 is 1.79 bits per heavy atom. The molecule has 1 aliphatic heterocycles. The summed E-state index contributed by atoms with van der Waals surface area (Å²) in [4.78, 5) is 23.7. The van der Waals surface area contributed by atoms with Crippen molar-refractivity contribution in [3.05, 3.63) is 53.1 Å². The highest BCUT2D eigenvalue weighted by Crippen LogP contribution is 2.38. The van der Waals surface area contributed by atoms with E-state index < -0.39 is 0 Å². The predicted octanol–water partition coefficient (Wildman–Crippen LogP) is 2.98. The molecular weight excluding hydrogens is 382 g/mol. The van der Waals surface area contributed by atoms with Gasteiger partial charge in [-0.15, -0.1) is 0 Å². The number of amides is 3. The van der Waals surface area contributed by atoms with Crippen LogP contribution in [-0.2, 0) is 11.2 Å². The maximum atomic E-state index is 11.9. The van der Waals surface area contributed by atoms with Crippen LogP contribution in [0.1, 0.15) is 12.0 Å². The molecule has 0 bridgehead atoms. The highest BCUT2D eigenvalue weighted by atomic mass is 35.5. The van der Waals surface area contributed by atoms with Crippen LogP contribution in [0.25, 0.3) is 0 Å². The van der Waals surface area contributed by atoms with E-state index in [0.717, 1.165) is 5.56 Å². The molecule has 1 heterocycles. The summed E-state index contributed by atoms with van der Waals surface area (Å²) >= 11 is 6.21. The number of nitrogens with one attached hydrogen (secondary N) is 3. The summed E-state index contributed by atoms with van der Waals surface area (Å²) in [5.41, 5.74) is 1.65. The first-order valence-corrected chi connectivity index (χ1v) is 9.44. The van der Waals surface area contributed by atoms with E-state index in [4.69, 9.17) is 21.1 Å². The number of halogens is 1. The number of urea groups is 1. The second-order valence-electron chi connectivity index (χ2n) is 6.20. The van der Waals surface area contributed by atoms with Crippen molar-refractivity contribution >= 4 is 29.2 Å². The van der Waals surface area contributed by atoms with Gasteiger partial charge in [-0.2, -0.15) is 0 Å². The molecule has 0 saturated heterocycles. The quantitative estimate of drug-likeness (QED) is 0.663. The van der Waals surface area contributed by atoms with Gasteiger partial charge in [-0.25, -0.2) is 4.79 Å². The van der Waals surface area contributed by atoms with Crippen molar-refractivity contribution in [1.29, 1.82) is 0 Å². The van der Waals surface area contributed by atoms with Gasteiger partial charge in [0, 0.05) is 25.2 Å². The van der Waals surface area contributed by atoms with Crippen LogP contribution in [0.15, 0.2) is 42.5 Å². The Morgan fingerprint density at radius 1 is 1.00 bits per heavy atom. The van der Waals surface area contributed by atoms with Crippen molar-refractivity contribution in [2.45, 2.75) is 12.8 Å². The molecule has 0 saturated carbocycles. The molecule has 0 radical (unpaired) electrons. The van der Waals surface area contributed by atoms with Gasteiger partial charge in [0.2, 0.25) is 5.91 Å². The minimum atomic E-state index is -0.343. The average molecular weight is 404 g/mol. The van der Waals surface area contributed by atoms with Gasteiger partial charge in [0.05, 0.1) is 5.02 Å². The van der Waals surface area contributed by atoms with E-state index in [9.17, 15) is 9.59 Å². The number of carbonyl (C=O) groups excluding carboxylic acids is 2. The Morgan fingerprint density at radius 3 is 2.61 bits per heavy atom. The number of para-hydroxylation sites is 1. The molecule has 2 aromatic rings. The van der Waals surface area contributed by atoms with Gasteiger partial charge in [-0.05, 0) is 36.2 Å². The Bertz CT molecular complexity index is 830. The maximum Gasteiger partial charge on any atom is 0.319 e. The minimum absolute atomic E-state index is 0.136. The van der Waals surface area contributed by atoms with Gasteiger partial charge in [-0.1, -0.05) is 29.8 Å². The van der Waals surface area contributed by atoms with Crippen molar-refractivity contribution in [3.63, 3.8) is 0 Å². The zero-order valence-corrected chi connectivity index (χ0v) is 16.1. The molecule has 0 fully saturated rings. The van der Waals surface area contributed by atoms with Crippen LogP contribution in [-0.4, -0.2) is 38.2 Å². The Kier molecular flexibility index (Phi) is 6.97. The van der Waals surface area contributed by atoms with E-state index in [1.165, 1.54) is 0 Å². The van der Waals surface area contributed by atoms with Crippen LogP contribution in [0.3, 0.4) is 0 Å². The lowest BCUT2D eigenvalue weighted by Gasteiger charge is -2.20. The van der Waals surface area contributed by atoms with E-state index in [1.807, 2.05) is 30.3 Å². The molecule has 0 unspecified atom stereocenters. The lowest BCUT2D eigenvalue weighted by molar-refractivity contribution is -0.120. The van der Waals surface area contributed by atoms with Gasteiger partial charge in [-0.3, -0.25) is 4.79 Å². The van der Waals surface area contributed by atoms with E-state index in [1.54, 1.807) is 12.1 Å². The summed E-state index contributed by atoms with van der Waals surface area (Å²) in [5, 5.41) is 8.68. The third-order valence-corrected chi connectivity index (χ3v) is 4.34. The molecule has 7 nitrogen and oxygen atoms in total. The molecule has 8 heteroatoms. The summed E-state index contributed by atoms with van der Waals surface area (Å²) in [6.45, 7) is 1.69. The molecule has 1 aliphatic rings. The smallest absolute Gasteiger partial charge is 0.319 e. The average Bonchev–Trinajstić information content (AvgIpc) is 2.69. The van der Waals surface area contributed by atoms with Gasteiger partial charge in [0.1, 0.15) is 13.2 Å². The molecule has 2 aromatic carbocycles. The molecular formula is C20H22ClN3O4. The topological polar surface area (TPSA) is 88.7 Å². The zero-order chi connectivity index (χ0) is 19.8. The van der Waals surface area contributed by atoms with Gasteiger partial charge >= 0.3 is 6.03 Å². The lowest BCUT2D eigenvalue weighted by Crippen LogP contribution is -2.33. The van der Waals surface area contributed by atoms with E-state index in [0.29, 0.717) is 48.4 Å². The monoisotopic (exact) mass is 403 g/mol. The summed E-state index contributed by atoms with van der Waals surface area (Å²) in [7, 11) is 0. The van der Waals surface area contributed by atoms with Crippen LogP contribution in [0, 0.1) is 0 Å². The van der Waals surface area contributed by atoms with Crippen LogP contribution < -0.4 is 25.4 Å². The summed E-state index contributed by atoms with van der Waals surface area (Å²) in [6.07, 6.45) is 0.814. The first-order valence-electron chi connectivity index (χ1n) is 9.06. The minimum Gasteiger partial charge on any atom is -0.486 e. The fourth-order valence-electron chi connectivity index (χ4n) is 2.73. The Labute approximate surface area is 168 Å². The Balaban J connectivity index is 1.35. The second kappa shape index (κ2) is 9.85. The third-order valence-electron chi connectivity index (χ3n) is 4.06. The number of fused-ring (bicyclic) bond motifs is 1. The Hall–Kier alpha value is -2.93. The molecule has 0 aliphatic carbocycles. The van der Waals surface area contributed by atoms with Crippen LogP contribution in [0.5, 0.6) is 11.5 Å². The highest BCUT2D eigenvalue weighted by molar-refractivity contribution is 6.32. The molecule has 28 heavy (non-hydrogen) atoms. The van der Waals surface area contributed by atoms with Gasteiger partial charge in [0.15, 0.2) is 11.5 Å². The number of carbonyl (C=O) groups is 2. The second-order valence-corrected chi connectivity index (χ2v) is 6.61. The van der Waals surface area contributed by atoms with Crippen molar-refractivity contribution in [2.75, 3.05) is 31.6 Å². The van der Waals surface area contributed by atoms with Crippen molar-refractivity contribution in [3.8, 4) is 11.5 Å². The lowest BCUT2D eigenvalue weighted by atomic mass is 10.1. The molecule has 3 amide bonds. The predicted molar refractivity (Wildman–Crippen MR) is 107 cm³/mol. The number of anilines is 1.